The summed E-state index contributed by atoms with van der Waals surface area (Å²) in [6.07, 6.45) is 3.10. The van der Waals surface area contributed by atoms with Crippen molar-refractivity contribution in [1.82, 2.24) is 10.6 Å². The van der Waals surface area contributed by atoms with Crippen LogP contribution in [0, 0.1) is 0 Å². The molecule has 0 aromatic carbocycles. The van der Waals surface area contributed by atoms with E-state index < -0.39 is 5.54 Å². The second-order valence-electron chi connectivity index (χ2n) is 4.27. The first-order valence-corrected chi connectivity index (χ1v) is 5.25. The molecule has 0 aromatic rings. The molecule has 1 aliphatic heterocycles. The quantitative estimate of drug-likeness (QED) is 0.601. The fraction of sp³-hybridized carbons (Fsp3) is 0.900. The number of hydrogen-bond donors (Lipinski definition) is 3. The molecule has 1 heterocycles. The van der Waals surface area contributed by atoms with E-state index in [1.54, 1.807) is 6.92 Å². The minimum absolute atomic E-state index is 0.00116. The minimum Gasteiger partial charge on any atom is -0.394 e. The third kappa shape index (κ3) is 2.69. The van der Waals surface area contributed by atoms with Crippen molar-refractivity contribution >= 4 is 5.91 Å². The normalized spacial score (nSPS) is 29.6. The third-order valence-corrected chi connectivity index (χ3v) is 2.77. The molecule has 0 aliphatic carbocycles. The van der Waals surface area contributed by atoms with Gasteiger partial charge in [-0.05, 0) is 39.7 Å². The third-order valence-electron chi connectivity index (χ3n) is 2.77. The predicted molar refractivity (Wildman–Crippen MR) is 54.9 cm³/mol. The number of aliphatic hydroxyl groups excluding tert-OH is 1. The zero-order valence-corrected chi connectivity index (χ0v) is 8.97. The van der Waals surface area contributed by atoms with E-state index in [-0.39, 0.29) is 18.6 Å². The highest BCUT2D eigenvalue weighted by Crippen LogP contribution is 2.18. The largest absolute Gasteiger partial charge is 0.394 e. The SMILES string of the molecule is CC(CO)NC(=O)C1(C)CCCCN1. The summed E-state index contributed by atoms with van der Waals surface area (Å²) in [5, 5.41) is 14.9. The summed E-state index contributed by atoms with van der Waals surface area (Å²) in [6, 6.07) is -0.164. The van der Waals surface area contributed by atoms with Crippen LogP contribution in [0.1, 0.15) is 33.1 Å². The van der Waals surface area contributed by atoms with Crippen LogP contribution in [-0.2, 0) is 4.79 Å². The summed E-state index contributed by atoms with van der Waals surface area (Å²) in [5.74, 6) is -0.00116. The Bertz CT molecular complexity index is 200. The molecular formula is C10H20N2O2. The van der Waals surface area contributed by atoms with E-state index >= 15 is 0 Å². The lowest BCUT2D eigenvalue weighted by atomic mass is 9.90. The maximum atomic E-state index is 11.8. The number of hydrogen-bond acceptors (Lipinski definition) is 3. The molecule has 1 aliphatic rings. The number of amides is 1. The Morgan fingerprint density at radius 1 is 1.64 bits per heavy atom. The number of aliphatic hydroxyl groups is 1. The van der Waals surface area contributed by atoms with Gasteiger partial charge in [0.15, 0.2) is 0 Å². The highest BCUT2D eigenvalue weighted by Gasteiger charge is 2.34. The van der Waals surface area contributed by atoms with Crippen LogP contribution in [0.25, 0.3) is 0 Å². The van der Waals surface area contributed by atoms with Crippen LogP contribution in [0.15, 0.2) is 0 Å². The van der Waals surface area contributed by atoms with Gasteiger partial charge in [-0.15, -0.1) is 0 Å². The van der Waals surface area contributed by atoms with Gasteiger partial charge in [0, 0.05) is 6.04 Å². The number of carbonyl (C=O) groups excluding carboxylic acids is 1. The molecule has 0 spiro atoms. The van der Waals surface area contributed by atoms with Gasteiger partial charge < -0.3 is 15.7 Å². The summed E-state index contributed by atoms with van der Waals surface area (Å²) >= 11 is 0. The Hall–Kier alpha value is -0.610. The molecule has 0 radical (unpaired) electrons. The number of nitrogens with one attached hydrogen (secondary N) is 2. The topological polar surface area (TPSA) is 61.4 Å². The standard InChI is InChI=1S/C10H20N2O2/c1-8(7-13)12-9(14)10(2)5-3-4-6-11-10/h8,11,13H,3-7H2,1-2H3,(H,12,14). The van der Waals surface area contributed by atoms with Gasteiger partial charge in [-0.2, -0.15) is 0 Å². The molecule has 82 valence electrons. The van der Waals surface area contributed by atoms with Gasteiger partial charge in [-0.1, -0.05) is 0 Å². The van der Waals surface area contributed by atoms with E-state index in [0.29, 0.717) is 0 Å². The van der Waals surface area contributed by atoms with Gasteiger partial charge >= 0.3 is 0 Å². The Kier molecular flexibility index (Phi) is 3.89. The zero-order chi connectivity index (χ0) is 10.6. The van der Waals surface area contributed by atoms with Crippen molar-refractivity contribution in [1.29, 1.82) is 0 Å². The van der Waals surface area contributed by atoms with Crippen molar-refractivity contribution in [2.75, 3.05) is 13.2 Å². The number of rotatable bonds is 3. The first-order valence-electron chi connectivity index (χ1n) is 5.25. The molecule has 2 unspecified atom stereocenters. The zero-order valence-electron chi connectivity index (χ0n) is 8.97. The van der Waals surface area contributed by atoms with E-state index in [4.69, 9.17) is 5.11 Å². The number of piperidine rings is 1. The summed E-state index contributed by atoms with van der Waals surface area (Å²) in [6.45, 7) is 4.61. The van der Waals surface area contributed by atoms with Gasteiger partial charge in [0.05, 0.1) is 12.1 Å². The van der Waals surface area contributed by atoms with E-state index in [2.05, 4.69) is 10.6 Å². The monoisotopic (exact) mass is 200 g/mol. The van der Waals surface area contributed by atoms with E-state index in [1.165, 1.54) is 0 Å². The molecule has 0 aromatic heterocycles. The highest BCUT2D eigenvalue weighted by molar-refractivity contribution is 5.86. The average molecular weight is 200 g/mol. The molecule has 1 amide bonds. The van der Waals surface area contributed by atoms with Crippen molar-refractivity contribution in [3.05, 3.63) is 0 Å². The lowest BCUT2D eigenvalue weighted by Crippen LogP contribution is -2.58. The van der Waals surface area contributed by atoms with Crippen molar-refractivity contribution in [3.63, 3.8) is 0 Å². The summed E-state index contributed by atoms with van der Waals surface area (Å²) in [4.78, 5) is 11.8. The molecule has 4 heteroatoms. The second kappa shape index (κ2) is 4.75. The van der Waals surface area contributed by atoms with Gasteiger partial charge in [0.1, 0.15) is 0 Å². The van der Waals surface area contributed by atoms with Crippen molar-refractivity contribution in [2.24, 2.45) is 0 Å². The van der Waals surface area contributed by atoms with Crippen molar-refractivity contribution in [2.45, 2.75) is 44.7 Å². The van der Waals surface area contributed by atoms with Crippen LogP contribution in [0.2, 0.25) is 0 Å². The lowest BCUT2D eigenvalue weighted by Gasteiger charge is -2.34. The molecule has 0 bridgehead atoms. The minimum atomic E-state index is -0.443. The van der Waals surface area contributed by atoms with Crippen LogP contribution >= 0.6 is 0 Å². The molecule has 2 atom stereocenters. The van der Waals surface area contributed by atoms with E-state index in [0.717, 1.165) is 25.8 Å². The molecular weight excluding hydrogens is 180 g/mol. The molecule has 1 rings (SSSR count). The number of carbonyl (C=O) groups is 1. The van der Waals surface area contributed by atoms with Crippen LogP contribution in [0.4, 0.5) is 0 Å². The van der Waals surface area contributed by atoms with Crippen LogP contribution in [0.3, 0.4) is 0 Å². The van der Waals surface area contributed by atoms with Crippen LogP contribution in [0.5, 0.6) is 0 Å². The molecule has 1 fully saturated rings. The summed E-state index contributed by atoms with van der Waals surface area (Å²) in [7, 11) is 0. The molecule has 4 nitrogen and oxygen atoms in total. The molecule has 0 saturated carbocycles. The van der Waals surface area contributed by atoms with Crippen molar-refractivity contribution < 1.29 is 9.90 Å². The molecule has 14 heavy (non-hydrogen) atoms. The summed E-state index contributed by atoms with van der Waals surface area (Å²) < 4.78 is 0. The predicted octanol–water partition coefficient (Wildman–Crippen LogP) is 0.0156. The first kappa shape index (κ1) is 11.5. The second-order valence-corrected chi connectivity index (χ2v) is 4.27. The maximum Gasteiger partial charge on any atom is 0.240 e. The fourth-order valence-electron chi connectivity index (χ4n) is 1.68. The first-order chi connectivity index (χ1) is 6.58. The van der Waals surface area contributed by atoms with E-state index in [1.807, 2.05) is 6.92 Å². The Morgan fingerprint density at radius 3 is 2.86 bits per heavy atom. The lowest BCUT2D eigenvalue weighted by molar-refractivity contribution is -0.128. The average Bonchev–Trinajstić information content (AvgIpc) is 2.18. The van der Waals surface area contributed by atoms with Crippen molar-refractivity contribution in [3.8, 4) is 0 Å². The van der Waals surface area contributed by atoms with E-state index in [9.17, 15) is 4.79 Å². The molecule has 3 N–H and O–H groups in total. The van der Waals surface area contributed by atoms with Crippen LogP contribution in [-0.4, -0.2) is 35.7 Å². The maximum absolute atomic E-state index is 11.8. The fourth-order valence-corrected chi connectivity index (χ4v) is 1.68. The summed E-state index contributed by atoms with van der Waals surface area (Å²) in [5.41, 5.74) is -0.443. The van der Waals surface area contributed by atoms with Gasteiger partial charge in [0.25, 0.3) is 0 Å². The van der Waals surface area contributed by atoms with Gasteiger partial charge in [0.2, 0.25) is 5.91 Å². The van der Waals surface area contributed by atoms with Gasteiger partial charge in [-0.25, -0.2) is 0 Å². The Balaban J connectivity index is 2.49. The smallest absolute Gasteiger partial charge is 0.240 e. The van der Waals surface area contributed by atoms with Crippen LogP contribution < -0.4 is 10.6 Å². The highest BCUT2D eigenvalue weighted by atomic mass is 16.3. The Morgan fingerprint density at radius 2 is 2.36 bits per heavy atom. The Labute approximate surface area is 85.1 Å². The molecule has 1 saturated heterocycles. The van der Waals surface area contributed by atoms with Gasteiger partial charge in [-0.3, -0.25) is 4.79 Å².